The molecule has 2 aromatic heterocycles. The van der Waals surface area contributed by atoms with E-state index < -0.39 is 0 Å². The summed E-state index contributed by atoms with van der Waals surface area (Å²) in [4.78, 5) is 11.4. The molecular weight excluding hydrogens is 306 g/mol. The van der Waals surface area contributed by atoms with Crippen LogP contribution in [0.25, 0.3) is 11.1 Å². The van der Waals surface area contributed by atoms with E-state index >= 15 is 0 Å². The molecule has 24 heavy (non-hydrogen) atoms. The number of morpholine rings is 1. The molecule has 126 valence electrons. The van der Waals surface area contributed by atoms with Crippen LogP contribution in [-0.4, -0.2) is 44.8 Å². The van der Waals surface area contributed by atoms with Gasteiger partial charge in [-0.25, -0.2) is 9.97 Å². The molecule has 7 heteroatoms. The number of aromatic amines is 1. The maximum atomic E-state index is 5.86. The number of aromatic nitrogens is 4. The molecule has 0 radical (unpaired) electrons. The second-order valence-corrected chi connectivity index (χ2v) is 6.40. The molecule has 0 aliphatic carbocycles. The largest absolute Gasteiger partial charge is 0.439 e. The topological polar surface area (TPSA) is 80.1 Å². The standard InChI is InChI=1S/C17H21N5O2/c1-11(2)16-19-17(21-20-16)14-9-22(7-8-23-14)10-15-18-12-5-3-4-6-13(12)24-15/h3-6,11,14H,7-10H2,1-2H3,(H,19,20,21)/t14-/m0/s1. The van der Waals surface area contributed by atoms with Crippen molar-refractivity contribution >= 4 is 11.1 Å². The molecule has 1 aromatic carbocycles. The summed E-state index contributed by atoms with van der Waals surface area (Å²) in [5.74, 6) is 2.65. The van der Waals surface area contributed by atoms with E-state index in [-0.39, 0.29) is 6.10 Å². The van der Waals surface area contributed by atoms with Crippen molar-refractivity contribution in [3.63, 3.8) is 0 Å². The Kier molecular flexibility index (Phi) is 4.03. The van der Waals surface area contributed by atoms with E-state index in [0.29, 0.717) is 19.1 Å². The Morgan fingerprint density at radius 2 is 2.17 bits per heavy atom. The van der Waals surface area contributed by atoms with Gasteiger partial charge in [-0.3, -0.25) is 10.00 Å². The lowest BCUT2D eigenvalue weighted by Crippen LogP contribution is -2.38. The van der Waals surface area contributed by atoms with Gasteiger partial charge in [0.05, 0.1) is 13.2 Å². The van der Waals surface area contributed by atoms with Crippen molar-refractivity contribution in [1.29, 1.82) is 0 Å². The molecule has 1 fully saturated rings. The van der Waals surface area contributed by atoms with Gasteiger partial charge >= 0.3 is 0 Å². The third-order valence-electron chi connectivity index (χ3n) is 4.19. The molecule has 1 atom stereocenters. The highest BCUT2D eigenvalue weighted by atomic mass is 16.5. The van der Waals surface area contributed by atoms with Crippen LogP contribution in [0.4, 0.5) is 0 Å². The van der Waals surface area contributed by atoms with Crippen LogP contribution in [0.2, 0.25) is 0 Å². The van der Waals surface area contributed by atoms with Gasteiger partial charge in [-0.05, 0) is 12.1 Å². The quantitative estimate of drug-likeness (QED) is 0.793. The van der Waals surface area contributed by atoms with Gasteiger partial charge in [0.25, 0.3) is 0 Å². The number of hydrogen-bond acceptors (Lipinski definition) is 6. The van der Waals surface area contributed by atoms with Gasteiger partial charge in [0.1, 0.15) is 11.6 Å². The zero-order valence-corrected chi connectivity index (χ0v) is 13.9. The Balaban J connectivity index is 1.46. The Morgan fingerprint density at radius 3 is 2.96 bits per heavy atom. The van der Waals surface area contributed by atoms with Crippen molar-refractivity contribution < 1.29 is 9.15 Å². The summed E-state index contributed by atoms with van der Waals surface area (Å²) < 4.78 is 11.7. The van der Waals surface area contributed by atoms with Gasteiger partial charge < -0.3 is 9.15 Å². The molecule has 0 unspecified atom stereocenters. The zero-order chi connectivity index (χ0) is 16.5. The number of fused-ring (bicyclic) bond motifs is 1. The zero-order valence-electron chi connectivity index (χ0n) is 13.9. The molecule has 4 rings (SSSR count). The van der Waals surface area contributed by atoms with Crippen molar-refractivity contribution in [1.82, 2.24) is 25.1 Å². The summed E-state index contributed by atoms with van der Waals surface area (Å²) in [5.41, 5.74) is 1.73. The number of para-hydroxylation sites is 2. The van der Waals surface area contributed by atoms with Crippen molar-refractivity contribution in [2.45, 2.75) is 32.4 Å². The van der Waals surface area contributed by atoms with E-state index in [4.69, 9.17) is 9.15 Å². The van der Waals surface area contributed by atoms with Crippen LogP contribution in [0.5, 0.6) is 0 Å². The van der Waals surface area contributed by atoms with Gasteiger partial charge in [0, 0.05) is 19.0 Å². The summed E-state index contributed by atoms with van der Waals surface area (Å²) in [5, 5.41) is 7.27. The first kappa shape index (κ1) is 15.3. The number of ether oxygens (including phenoxy) is 1. The number of hydrogen-bond donors (Lipinski definition) is 1. The maximum absolute atomic E-state index is 5.86. The highest BCUT2D eigenvalue weighted by Crippen LogP contribution is 2.23. The van der Waals surface area contributed by atoms with Crippen molar-refractivity contribution in [3.8, 4) is 0 Å². The van der Waals surface area contributed by atoms with E-state index in [1.165, 1.54) is 0 Å². The normalized spacial score (nSPS) is 19.4. The first-order chi connectivity index (χ1) is 11.7. The van der Waals surface area contributed by atoms with Crippen molar-refractivity contribution in [2.24, 2.45) is 0 Å². The SMILES string of the molecule is CC(C)c1n[nH]c([C@@H]2CN(Cc3nc4ccccc4o3)CCO2)n1. The third-order valence-corrected chi connectivity index (χ3v) is 4.19. The number of nitrogens with zero attached hydrogens (tertiary/aromatic N) is 4. The molecule has 1 N–H and O–H groups in total. The Bertz CT molecular complexity index is 792. The summed E-state index contributed by atoms with van der Waals surface area (Å²) >= 11 is 0. The summed E-state index contributed by atoms with van der Waals surface area (Å²) in [7, 11) is 0. The van der Waals surface area contributed by atoms with Crippen LogP contribution >= 0.6 is 0 Å². The minimum atomic E-state index is -0.0943. The average Bonchev–Trinajstić information content (AvgIpc) is 3.21. The number of rotatable bonds is 4. The highest BCUT2D eigenvalue weighted by molar-refractivity contribution is 5.72. The molecule has 0 saturated carbocycles. The van der Waals surface area contributed by atoms with Gasteiger partial charge in [0.15, 0.2) is 17.2 Å². The molecule has 3 heterocycles. The molecule has 7 nitrogen and oxygen atoms in total. The molecule has 1 aliphatic rings. The Hall–Kier alpha value is -2.25. The van der Waals surface area contributed by atoms with Crippen molar-refractivity contribution in [2.75, 3.05) is 19.7 Å². The Morgan fingerprint density at radius 1 is 1.29 bits per heavy atom. The van der Waals surface area contributed by atoms with Crippen LogP contribution in [0, 0.1) is 0 Å². The lowest BCUT2D eigenvalue weighted by atomic mass is 10.2. The van der Waals surface area contributed by atoms with E-state index in [0.717, 1.165) is 41.7 Å². The van der Waals surface area contributed by atoms with E-state index in [2.05, 4.69) is 38.9 Å². The monoisotopic (exact) mass is 327 g/mol. The summed E-state index contributed by atoms with van der Waals surface area (Å²) in [6.07, 6.45) is -0.0943. The number of oxazole rings is 1. The number of H-pyrrole nitrogens is 1. The van der Waals surface area contributed by atoms with Gasteiger partial charge in [-0.1, -0.05) is 26.0 Å². The van der Waals surface area contributed by atoms with E-state index in [1.54, 1.807) is 0 Å². The predicted molar refractivity (Wildman–Crippen MR) is 88.5 cm³/mol. The summed E-state index contributed by atoms with van der Waals surface area (Å²) in [6.45, 7) is 7.07. The lowest BCUT2D eigenvalue weighted by Gasteiger charge is -2.30. The van der Waals surface area contributed by atoms with Crippen LogP contribution in [0.1, 0.15) is 43.4 Å². The third kappa shape index (κ3) is 3.05. The minimum Gasteiger partial charge on any atom is -0.439 e. The number of nitrogens with one attached hydrogen (secondary N) is 1. The lowest BCUT2D eigenvalue weighted by molar-refractivity contribution is -0.0391. The van der Waals surface area contributed by atoms with Gasteiger partial charge in [0.2, 0.25) is 5.89 Å². The van der Waals surface area contributed by atoms with E-state index in [9.17, 15) is 0 Å². The highest BCUT2D eigenvalue weighted by Gasteiger charge is 2.26. The van der Waals surface area contributed by atoms with Gasteiger partial charge in [-0.15, -0.1) is 0 Å². The smallest absolute Gasteiger partial charge is 0.209 e. The fourth-order valence-electron chi connectivity index (χ4n) is 2.88. The first-order valence-corrected chi connectivity index (χ1v) is 8.29. The fourth-order valence-corrected chi connectivity index (χ4v) is 2.88. The second kappa shape index (κ2) is 6.33. The molecule has 0 amide bonds. The van der Waals surface area contributed by atoms with E-state index in [1.807, 2.05) is 24.3 Å². The second-order valence-electron chi connectivity index (χ2n) is 6.40. The molecule has 0 spiro atoms. The van der Waals surface area contributed by atoms with Gasteiger partial charge in [-0.2, -0.15) is 5.10 Å². The molecule has 3 aromatic rings. The Labute approximate surface area is 140 Å². The molecular formula is C17H21N5O2. The maximum Gasteiger partial charge on any atom is 0.209 e. The first-order valence-electron chi connectivity index (χ1n) is 8.29. The van der Waals surface area contributed by atoms with Crippen LogP contribution < -0.4 is 0 Å². The van der Waals surface area contributed by atoms with Crippen LogP contribution in [0.3, 0.4) is 0 Å². The molecule has 0 bridgehead atoms. The minimum absolute atomic E-state index is 0.0943. The van der Waals surface area contributed by atoms with Crippen molar-refractivity contribution in [3.05, 3.63) is 41.8 Å². The summed E-state index contributed by atoms with van der Waals surface area (Å²) in [6, 6.07) is 7.83. The van der Waals surface area contributed by atoms with Crippen LogP contribution in [0.15, 0.2) is 28.7 Å². The van der Waals surface area contributed by atoms with Crippen LogP contribution in [-0.2, 0) is 11.3 Å². The fraction of sp³-hybridized carbons (Fsp3) is 0.471. The average molecular weight is 327 g/mol. The molecule has 1 aliphatic heterocycles. The predicted octanol–water partition coefficient (Wildman–Crippen LogP) is 2.64. The molecule has 1 saturated heterocycles. The number of benzene rings is 1.